The summed E-state index contributed by atoms with van der Waals surface area (Å²) in [6, 6.07) is 3.83. The van der Waals surface area contributed by atoms with Gasteiger partial charge in [-0.05, 0) is 12.1 Å². The lowest BCUT2D eigenvalue weighted by atomic mass is 10.3. The van der Waals surface area contributed by atoms with Crippen molar-refractivity contribution in [3.05, 3.63) is 34.4 Å². The maximum absolute atomic E-state index is 6.05. The third-order valence-corrected chi connectivity index (χ3v) is 4.57. The Morgan fingerprint density at radius 3 is 2.60 bits per heavy atom. The predicted octanol–water partition coefficient (Wildman–Crippen LogP) is 1.98. The highest BCUT2D eigenvalue weighted by molar-refractivity contribution is 7.13. The van der Waals surface area contributed by atoms with Crippen LogP contribution in [0.4, 0.5) is 10.9 Å². The number of hydrogen-bond acceptors (Lipinski definition) is 6. The van der Waals surface area contributed by atoms with E-state index in [1.54, 1.807) is 11.3 Å². The van der Waals surface area contributed by atoms with Crippen molar-refractivity contribution in [2.45, 2.75) is 6.54 Å². The lowest BCUT2D eigenvalue weighted by molar-refractivity contribution is 0.645. The second-order valence-corrected chi connectivity index (χ2v) is 5.87. The Hall–Kier alpha value is -1.37. The minimum Gasteiger partial charge on any atom is -0.353 e. The molecule has 1 fully saturated rings. The molecule has 106 valence electrons. The van der Waals surface area contributed by atoms with Crippen LogP contribution in [0, 0.1) is 0 Å². The average Bonchev–Trinajstić information content (AvgIpc) is 3.02. The van der Waals surface area contributed by atoms with Gasteiger partial charge in [0.15, 0.2) is 5.13 Å². The molecule has 0 bridgehead atoms. The highest BCUT2D eigenvalue weighted by Gasteiger charge is 2.20. The topological polar surface area (TPSA) is 58.3 Å². The van der Waals surface area contributed by atoms with Gasteiger partial charge in [0.1, 0.15) is 5.82 Å². The average molecular weight is 310 g/mol. The standard InChI is InChI=1S/C13H16ClN5S/c14-10-1-2-12(17-11(10)9-15)18-4-6-19(7-5-18)13-16-3-8-20-13/h1-3,8H,4-7,9,15H2. The van der Waals surface area contributed by atoms with Gasteiger partial charge >= 0.3 is 0 Å². The lowest BCUT2D eigenvalue weighted by Gasteiger charge is -2.35. The molecule has 5 nitrogen and oxygen atoms in total. The first-order valence-electron chi connectivity index (χ1n) is 6.53. The van der Waals surface area contributed by atoms with Gasteiger partial charge in [0.2, 0.25) is 0 Å². The van der Waals surface area contributed by atoms with Gasteiger partial charge in [-0.3, -0.25) is 0 Å². The Kier molecular flexibility index (Phi) is 4.05. The van der Waals surface area contributed by atoms with Gasteiger partial charge in [0, 0.05) is 44.3 Å². The molecule has 0 atom stereocenters. The number of hydrogen-bond donors (Lipinski definition) is 1. The molecule has 0 spiro atoms. The van der Waals surface area contributed by atoms with E-state index in [0.29, 0.717) is 11.6 Å². The SMILES string of the molecule is NCc1nc(N2CCN(c3nccs3)CC2)ccc1Cl. The molecule has 2 aromatic rings. The number of halogens is 1. The van der Waals surface area contributed by atoms with Crippen molar-refractivity contribution in [3.63, 3.8) is 0 Å². The molecule has 20 heavy (non-hydrogen) atoms. The van der Waals surface area contributed by atoms with Gasteiger partial charge in [0.25, 0.3) is 0 Å². The number of nitrogens with zero attached hydrogens (tertiary/aromatic N) is 4. The van der Waals surface area contributed by atoms with E-state index in [4.69, 9.17) is 17.3 Å². The van der Waals surface area contributed by atoms with Crippen LogP contribution in [0.2, 0.25) is 5.02 Å². The van der Waals surface area contributed by atoms with Crippen LogP contribution in [-0.2, 0) is 6.54 Å². The zero-order valence-corrected chi connectivity index (χ0v) is 12.6. The second-order valence-electron chi connectivity index (χ2n) is 4.59. The molecule has 1 aliphatic rings. The number of thiazole rings is 1. The van der Waals surface area contributed by atoms with Crippen LogP contribution >= 0.6 is 22.9 Å². The zero-order chi connectivity index (χ0) is 13.9. The fourth-order valence-electron chi connectivity index (χ4n) is 2.29. The van der Waals surface area contributed by atoms with Crippen molar-refractivity contribution in [2.75, 3.05) is 36.0 Å². The van der Waals surface area contributed by atoms with E-state index < -0.39 is 0 Å². The molecule has 1 aliphatic heterocycles. The first kappa shape index (κ1) is 13.6. The summed E-state index contributed by atoms with van der Waals surface area (Å²) in [4.78, 5) is 13.5. The first-order chi connectivity index (χ1) is 9.78. The van der Waals surface area contributed by atoms with E-state index in [1.165, 1.54) is 0 Å². The minimum absolute atomic E-state index is 0.367. The van der Waals surface area contributed by atoms with Crippen LogP contribution in [0.15, 0.2) is 23.7 Å². The Morgan fingerprint density at radius 1 is 1.20 bits per heavy atom. The zero-order valence-electron chi connectivity index (χ0n) is 11.0. The van der Waals surface area contributed by atoms with Crippen LogP contribution in [0.1, 0.15) is 5.69 Å². The molecular weight excluding hydrogens is 294 g/mol. The summed E-state index contributed by atoms with van der Waals surface area (Å²) in [5.41, 5.74) is 6.41. The van der Waals surface area contributed by atoms with Crippen LogP contribution in [0.5, 0.6) is 0 Å². The summed E-state index contributed by atoms with van der Waals surface area (Å²) < 4.78 is 0. The smallest absolute Gasteiger partial charge is 0.185 e. The first-order valence-corrected chi connectivity index (χ1v) is 7.78. The van der Waals surface area contributed by atoms with Crippen molar-refractivity contribution in [2.24, 2.45) is 5.73 Å². The van der Waals surface area contributed by atoms with Crippen molar-refractivity contribution >= 4 is 33.9 Å². The highest BCUT2D eigenvalue weighted by Crippen LogP contribution is 2.23. The molecule has 0 amide bonds. The monoisotopic (exact) mass is 309 g/mol. The number of anilines is 2. The van der Waals surface area contributed by atoms with Crippen molar-refractivity contribution < 1.29 is 0 Å². The van der Waals surface area contributed by atoms with Crippen LogP contribution in [0.25, 0.3) is 0 Å². The Labute approximate surface area is 127 Å². The number of pyridine rings is 1. The summed E-state index contributed by atoms with van der Waals surface area (Å²) in [7, 11) is 0. The maximum Gasteiger partial charge on any atom is 0.185 e. The molecule has 2 aromatic heterocycles. The van der Waals surface area contributed by atoms with Gasteiger partial charge in [-0.1, -0.05) is 11.6 Å². The summed E-state index contributed by atoms with van der Waals surface area (Å²) in [5.74, 6) is 0.952. The van der Waals surface area contributed by atoms with Crippen LogP contribution in [0.3, 0.4) is 0 Å². The van der Waals surface area contributed by atoms with Crippen molar-refractivity contribution in [1.82, 2.24) is 9.97 Å². The Balaban J connectivity index is 1.69. The highest BCUT2D eigenvalue weighted by atomic mass is 35.5. The Bertz CT molecular complexity index is 566. The minimum atomic E-state index is 0.367. The molecule has 0 unspecified atom stereocenters. The van der Waals surface area contributed by atoms with Gasteiger partial charge in [-0.15, -0.1) is 11.3 Å². The lowest BCUT2D eigenvalue weighted by Crippen LogP contribution is -2.46. The van der Waals surface area contributed by atoms with E-state index in [-0.39, 0.29) is 0 Å². The second kappa shape index (κ2) is 5.95. The normalized spacial score (nSPS) is 15.7. The molecule has 3 heterocycles. The molecule has 3 rings (SSSR count). The summed E-state index contributed by atoms with van der Waals surface area (Å²) in [6.07, 6.45) is 1.85. The summed E-state index contributed by atoms with van der Waals surface area (Å²) >= 11 is 7.73. The van der Waals surface area contributed by atoms with E-state index in [2.05, 4.69) is 19.8 Å². The Morgan fingerprint density at radius 2 is 1.95 bits per heavy atom. The summed E-state index contributed by atoms with van der Waals surface area (Å²) in [5, 5.41) is 3.74. The van der Waals surface area contributed by atoms with Crippen molar-refractivity contribution in [1.29, 1.82) is 0 Å². The molecular formula is C13H16ClN5S. The van der Waals surface area contributed by atoms with Gasteiger partial charge in [-0.25, -0.2) is 9.97 Å². The van der Waals surface area contributed by atoms with Crippen LogP contribution in [-0.4, -0.2) is 36.1 Å². The number of rotatable bonds is 3. The van der Waals surface area contributed by atoms with E-state index in [9.17, 15) is 0 Å². The third kappa shape index (κ3) is 2.72. The van der Waals surface area contributed by atoms with Crippen LogP contribution < -0.4 is 15.5 Å². The predicted molar refractivity (Wildman–Crippen MR) is 83.7 cm³/mol. The van der Waals surface area contributed by atoms with Gasteiger partial charge in [-0.2, -0.15) is 0 Å². The van der Waals surface area contributed by atoms with E-state index in [1.807, 2.05) is 23.7 Å². The number of aromatic nitrogens is 2. The summed E-state index contributed by atoms with van der Waals surface area (Å²) in [6.45, 7) is 4.13. The van der Waals surface area contributed by atoms with Gasteiger partial charge < -0.3 is 15.5 Å². The molecule has 0 radical (unpaired) electrons. The fraction of sp³-hybridized carbons (Fsp3) is 0.385. The maximum atomic E-state index is 6.05. The third-order valence-electron chi connectivity index (χ3n) is 3.39. The molecule has 2 N–H and O–H groups in total. The quantitative estimate of drug-likeness (QED) is 0.939. The van der Waals surface area contributed by atoms with Crippen molar-refractivity contribution in [3.8, 4) is 0 Å². The molecule has 0 saturated carbocycles. The van der Waals surface area contributed by atoms with E-state index in [0.717, 1.165) is 42.8 Å². The van der Waals surface area contributed by atoms with Gasteiger partial charge in [0.05, 0.1) is 10.7 Å². The molecule has 0 aromatic carbocycles. The number of piperazine rings is 1. The molecule has 0 aliphatic carbocycles. The molecule has 7 heteroatoms. The largest absolute Gasteiger partial charge is 0.353 e. The van der Waals surface area contributed by atoms with E-state index >= 15 is 0 Å². The fourth-order valence-corrected chi connectivity index (χ4v) is 3.17. The number of nitrogens with two attached hydrogens (primary N) is 1. The molecule has 1 saturated heterocycles.